The standard InChI is InChI=1S/C22H26N4OS/c1-5-25(6-2)20(27)15-28-22-24-23-21(18-10-8-7-9-11-18)26(22)19-13-12-16(3)17(4)14-19/h7-14H,5-6,15H2,1-4H3. The molecule has 146 valence electrons. The highest BCUT2D eigenvalue weighted by Crippen LogP contribution is 2.29. The van der Waals surface area contributed by atoms with Crippen molar-refractivity contribution in [2.75, 3.05) is 18.8 Å². The molecular formula is C22H26N4OS. The largest absolute Gasteiger partial charge is 0.343 e. The van der Waals surface area contributed by atoms with E-state index >= 15 is 0 Å². The van der Waals surface area contributed by atoms with Crippen LogP contribution in [0, 0.1) is 13.8 Å². The van der Waals surface area contributed by atoms with Crippen LogP contribution in [0.25, 0.3) is 17.1 Å². The van der Waals surface area contributed by atoms with E-state index in [4.69, 9.17) is 0 Å². The zero-order valence-electron chi connectivity index (χ0n) is 16.8. The number of benzene rings is 2. The van der Waals surface area contributed by atoms with Gasteiger partial charge < -0.3 is 4.90 Å². The number of amides is 1. The van der Waals surface area contributed by atoms with Gasteiger partial charge in [-0.15, -0.1) is 10.2 Å². The summed E-state index contributed by atoms with van der Waals surface area (Å²) < 4.78 is 2.04. The molecule has 1 heterocycles. The van der Waals surface area contributed by atoms with Crippen molar-refractivity contribution in [2.45, 2.75) is 32.9 Å². The first kappa shape index (κ1) is 20.1. The van der Waals surface area contributed by atoms with Gasteiger partial charge in [0.25, 0.3) is 0 Å². The molecule has 6 heteroatoms. The number of aryl methyl sites for hydroxylation is 2. The normalized spacial score (nSPS) is 10.9. The van der Waals surface area contributed by atoms with Crippen LogP contribution in [0.4, 0.5) is 0 Å². The van der Waals surface area contributed by atoms with Crippen LogP contribution in [0.3, 0.4) is 0 Å². The van der Waals surface area contributed by atoms with E-state index in [1.54, 1.807) is 0 Å². The molecule has 0 aliphatic rings. The fraction of sp³-hybridized carbons (Fsp3) is 0.318. The number of rotatable bonds is 7. The lowest BCUT2D eigenvalue weighted by atomic mass is 10.1. The molecule has 1 amide bonds. The van der Waals surface area contributed by atoms with Gasteiger partial charge >= 0.3 is 0 Å². The second-order valence-electron chi connectivity index (χ2n) is 6.63. The maximum atomic E-state index is 12.4. The molecule has 0 unspecified atom stereocenters. The molecule has 0 bridgehead atoms. The minimum atomic E-state index is 0.117. The zero-order valence-corrected chi connectivity index (χ0v) is 17.7. The van der Waals surface area contributed by atoms with Crippen LogP contribution >= 0.6 is 11.8 Å². The third-order valence-corrected chi connectivity index (χ3v) is 5.77. The summed E-state index contributed by atoms with van der Waals surface area (Å²) in [6.07, 6.45) is 0. The predicted octanol–water partition coefficient (Wildman–Crippen LogP) is 4.51. The molecule has 28 heavy (non-hydrogen) atoms. The van der Waals surface area contributed by atoms with E-state index in [2.05, 4.69) is 42.2 Å². The first-order valence-corrected chi connectivity index (χ1v) is 10.5. The van der Waals surface area contributed by atoms with E-state index in [0.29, 0.717) is 5.75 Å². The number of carbonyl (C=O) groups is 1. The number of nitrogens with zero attached hydrogens (tertiary/aromatic N) is 4. The molecule has 1 aromatic heterocycles. The highest BCUT2D eigenvalue weighted by molar-refractivity contribution is 7.99. The first-order chi connectivity index (χ1) is 13.5. The van der Waals surface area contributed by atoms with Gasteiger partial charge in [-0.3, -0.25) is 9.36 Å². The third-order valence-electron chi connectivity index (χ3n) is 4.85. The molecule has 0 N–H and O–H groups in total. The van der Waals surface area contributed by atoms with Crippen LogP contribution in [0.2, 0.25) is 0 Å². The summed E-state index contributed by atoms with van der Waals surface area (Å²) in [5.41, 5.74) is 4.45. The molecule has 5 nitrogen and oxygen atoms in total. The Morgan fingerprint density at radius 3 is 2.36 bits per heavy atom. The molecule has 2 aromatic carbocycles. The Kier molecular flexibility index (Phi) is 6.52. The van der Waals surface area contributed by atoms with E-state index in [1.807, 2.05) is 53.6 Å². The molecule has 0 spiro atoms. The minimum Gasteiger partial charge on any atom is -0.343 e. The number of hydrogen-bond acceptors (Lipinski definition) is 4. The average molecular weight is 395 g/mol. The SMILES string of the molecule is CCN(CC)C(=O)CSc1nnc(-c2ccccc2)n1-c1ccc(C)c(C)c1. The van der Waals surface area contributed by atoms with Crippen molar-refractivity contribution in [1.82, 2.24) is 19.7 Å². The van der Waals surface area contributed by atoms with Crippen LogP contribution < -0.4 is 0 Å². The quantitative estimate of drug-likeness (QED) is 0.553. The molecule has 0 aliphatic carbocycles. The van der Waals surface area contributed by atoms with Gasteiger partial charge in [0.2, 0.25) is 5.91 Å². The molecular weight excluding hydrogens is 368 g/mol. The zero-order chi connectivity index (χ0) is 20.1. The highest BCUT2D eigenvalue weighted by atomic mass is 32.2. The molecule has 0 fully saturated rings. The van der Waals surface area contributed by atoms with Gasteiger partial charge in [0.1, 0.15) is 0 Å². The number of carbonyl (C=O) groups excluding carboxylic acids is 1. The average Bonchev–Trinajstić information content (AvgIpc) is 3.14. The third kappa shape index (κ3) is 4.28. The predicted molar refractivity (Wildman–Crippen MR) is 115 cm³/mol. The summed E-state index contributed by atoms with van der Waals surface area (Å²) in [5.74, 6) is 1.24. The van der Waals surface area contributed by atoms with Gasteiger partial charge in [-0.2, -0.15) is 0 Å². The molecule has 3 rings (SSSR count). The van der Waals surface area contributed by atoms with Gasteiger partial charge in [0.05, 0.1) is 11.4 Å². The number of hydrogen-bond donors (Lipinski definition) is 0. The molecule has 0 saturated heterocycles. The Balaban J connectivity index is 1.99. The maximum absolute atomic E-state index is 12.4. The van der Waals surface area contributed by atoms with Crippen LogP contribution in [0.1, 0.15) is 25.0 Å². The fourth-order valence-corrected chi connectivity index (χ4v) is 3.88. The van der Waals surface area contributed by atoms with Gasteiger partial charge in [-0.05, 0) is 51.0 Å². The summed E-state index contributed by atoms with van der Waals surface area (Å²) in [5, 5.41) is 9.58. The Morgan fingerprint density at radius 2 is 1.71 bits per heavy atom. The Hall–Kier alpha value is -2.60. The van der Waals surface area contributed by atoms with Crippen LogP contribution in [-0.2, 0) is 4.79 Å². The van der Waals surface area contributed by atoms with Crippen molar-refractivity contribution >= 4 is 17.7 Å². The second-order valence-corrected chi connectivity index (χ2v) is 7.57. The molecule has 0 atom stereocenters. The molecule has 3 aromatic rings. The van der Waals surface area contributed by atoms with Crippen molar-refractivity contribution in [1.29, 1.82) is 0 Å². The summed E-state index contributed by atoms with van der Waals surface area (Å²) in [7, 11) is 0. The van der Waals surface area contributed by atoms with Crippen molar-refractivity contribution in [2.24, 2.45) is 0 Å². The molecule has 0 aliphatic heterocycles. The van der Waals surface area contributed by atoms with Gasteiger partial charge in [0.15, 0.2) is 11.0 Å². The Labute approximate surface area is 170 Å². The topological polar surface area (TPSA) is 51.0 Å². The smallest absolute Gasteiger partial charge is 0.233 e. The van der Waals surface area contributed by atoms with Crippen molar-refractivity contribution in [3.63, 3.8) is 0 Å². The first-order valence-electron chi connectivity index (χ1n) is 9.54. The van der Waals surface area contributed by atoms with Crippen LogP contribution in [0.5, 0.6) is 0 Å². The summed E-state index contributed by atoms with van der Waals surface area (Å²) in [4.78, 5) is 14.3. The second kappa shape index (κ2) is 9.06. The van der Waals surface area contributed by atoms with Gasteiger partial charge in [0, 0.05) is 18.7 Å². The fourth-order valence-electron chi connectivity index (χ4n) is 3.03. The van der Waals surface area contributed by atoms with Crippen LogP contribution in [-0.4, -0.2) is 44.4 Å². The summed E-state index contributed by atoms with van der Waals surface area (Å²) in [6, 6.07) is 16.3. The number of thioether (sulfide) groups is 1. The Bertz CT molecular complexity index is 948. The summed E-state index contributed by atoms with van der Waals surface area (Å²) >= 11 is 1.43. The van der Waals surface area contributed by atoms with Gasteiger partial charge in [-0.25, -0.2) is 0 Å². The van der Waals surface area contributed by atoms with Gasteiger partial charge in [-0.1, -0.05) is 48.2 Å². The lowest BCUT2D eigenvalue weighted by Crippen LogP contribution is -2.31. The van der Waals surface area contributed by atoms with Crippen molar-refractivity contribution in [3.8, 4) is 17.1 Å². The van der Waals surface area contributed by atoms with E-state index in [0.717, 1.165) is 35.3 Å². The van der Waals surface area contributed by atoms with Crippen LogP contribution in [0.15, 0.2) is 53.7 Å². The Morgan fingerprint density at radius 1 is 1.00 bits per heavy atom. The van der Waals surface area contributed by atoms with E-state index in [-0.39, 0.29) is 5.91 Å². The van der Waals surface area contributed by atoms with E-state index in [1.165, 1.54) is 22.9 Å². The molecule has 0 saturated carbocycles. The lowest BCUT2D eigenvalue weighted by molar-refractivity contribution is -0.127. The monoisotopic (exact) mass is 394 g/mol. The number of aromatic nitrogens is 3. The van der Waals surface area contributed by atoms with E-state index in [9.17, 15) is 4.79 Å². The van der Waals surface area contributed by atoms with Crippen molar-refractivity contribution in [3.05, 3.63) is 59.7 Å². The van der Waals surface area contributed by atoms with Crippen molar-refractivity contribution < 1.29 is 4.79 Å². The molecule has 0 radical (unpaired) electrons. The summed E-state index contributed by atoms with van der Waals surface area (Å²) in [6.45, 7) is 9.63. The lowest BCUT2D eigenvalue weighted by Gasteiger charge is -2.18. The maximum Gasteiger partial charge on any atom is 0.233 e. The minimum absolute atomic E-state index is 0.117. The van der Waals surface area contributed by atoms with E-state index < -0.39 is 0 Å². The highest BCUT2D eigenvalue weighted by Gasteiger charge is 2.18.